The molecule has 1 aromatic heterocycles. The number of ether oxygens (including phenoxy) is 1. The summed E-state index contributed by atoms with van der Waals surface area (Å²) in [4.78, 5) is 8.80. The van der Waals surface area contributed by atoms with Crippen LogP contribution in [0.15, 0.2) is 4.99 Å². The molecule has 2 aliphatic rings. The van der Waals surface area contributed by atoms with Crippen molar-refractivity contribution in [3.63, 3.8) is 0 Å². The number of nitrogens with zero attached hydrogens (tertiary/aromatic N) is 4. The van der Waals surface area contributed by atoms with Crippen molar-refractivity contribution >= 4 is 29.9 Å². The Morgan fingerprint density at radius 2 is 2.23 bits per heavy atom. The Labute approximate surface area is 148 Å². The fourth-order valence-electron chi connectivity index (χ4n) is 2.62. The first kappa shape index (κ1) is 17.5. The highest BCUT2D eigenvalue weighted by molar-refractivity contribution is 14.0. The number of guanidine groups is 1. The van der Waals surface area contributed by atoms with Crippen LogP contribution in [0, 0.1) is 5.92 Å². The van der Waals surface area contributed by atoms with E-state index < -0.39 is 0 Å². The Morgan fingerprint density at radius 3 is 2.91 bits per heavy atom. The van der Waals surface area contributed by atoms with Gasteiger partial charge in [0, 0.05) is 33.2 Å². The molecule has 1 unspecified atom stereocenters. The molecule has 0 bridgehead atoms. The third kappa shape index (κ3) is 4.55. The van der Waals surface area contributed by atoms with E-state index in [0.717, 1.165) is 49.5 Å². The van der Waals surface area contributed by atoms with Crippen molar-refractivity contribution in [3.8, 4) is 0 Å². The number of methoxy groups -OCH3 is 1. The van der Waals surface area contributed by atoms with E-state index >= 15 is 0 Å². The predicted octanol–water partition coefficient (Wildman–Crippen LogP) is 0.932. The highest BCUT2D eigenvalue weighted by Crippen LogP contribution is 2.27. The molecule has 1 saturated carbocycles. The minimum atomic E-state index is 0. The van der Waals surface area contributed by atoms with Crippen LogP contribution in [-0.2, 0) is 24.3 Å². The van der Waals surface area contributed by atoms with Gasteiger partial charge in [-0.1, -0.05) is 0 Å². The fraction of sp³-hybridized carbons (Fsp3) is 0.786. The Bertz CT molecular complexity index is 513. The smallest absolute Gasteiger partial charge is 0.191 e. The van der Waals surface area contributed by atoms with E-state index in [1.54, 1.807) is 7.11 Å². The summed E-state index contributed by atoms with van der Waals surface area (Å²) >= 11 is 0. The first-order chi connectivity index (χ1) is 10.3. The molecular formula is C14H25IN6O. The molecule has 1 aromatic rings. The van der Waals surface area contributed by atoms with Crippen molar-refractivity contribution in [2.24, 2.45) is 10.9 Å². The Kier molecular flexibility index (Phi) is 6.42. The van der Waals surface area contributed by atoms with Crippen LogP contribution in [0.4, 0.5) is 0 Å². The SMILES string of the molecule is CN=C(NCC1CC1)NC1CCc2nc(COC)nn2C1.I. The van der Waals surface area contributed by atoms with Gasteiger partial charge in [-0.05, 0) is 25.2 Å². The normalized spacial score (nSPS) is 21.0. The van der Waals surface area contributed by atoms with Crippen LogP contribution in [-0.4, -0.2) is 47.5 Å². The largest absolute Gasteiger partial charge is 0.377 e. The average Bonchev–Trinajstić information content (AvgIpc) is 3.23. The molecule has 22 heavy (non-hydrogen) atoms. The summed E-state index contributed by atoms with van der Waals surface area (Å²) in [5, 5.41) is 11.4. The molecule has 0 spiro atoms. The van der Waals surface area contributed by atoms with Crippen molar-refractivity contribution in [2.45, 2.75) is 44.9 Å². The molecule has 3 rings (SSSR count). The summed E-state index contributed by atoms with van der Waals surface area (Å²) in [6.45, 7) is 2.33. The number of nitrogens with one attached hydrogen (secondary N) is 2. The lowest BCUT2D eigenvalue weighted by atomic mass is 10.1. The van der Waals surface area contributed by atoms with Crippen LogP contribution in [0.1, 0.15) is 30.9 Å². The second-order valence-corrected chi connectivity index (χ2v) is 5.84. The molecule has 0 radical (unpaired) electrons. The number of rotatable bonds is 5. The monoisotopic (exact) mass is 420 g/mol. The van der Waals surface area contributed by atoms with E-state index in [9.17, 15) is 0 Å². The molecule has 124 valence electrons. The van der Waals surface area contributed by atoms with Crippen molar-refractivity contribution in [2.75, 3.05) is 20.7 Å². The molecule has 0 aromatic carbocycles. The summed E-state index contributed by atoms with van der Waals surface area (Å²) in [7, 11) is 3.49. The Hall–Kier alpha value is -0.900. The van der Waals surface area contributed by atoms with Gasteiger partial charge >= 0.3 is 0 Å². The third-order valence-electron chi connectivity index (χ3n) is 3.99. The molecular weight excluding hydrogens is 395 g/mol. The molecule has 2 heterocycles. The lowest BCUT2D eigenvalue weighted by Crippen LogP contribution is -2.47. The highest BCUT2D eigenvalue weighted by Gasteiger charge is 2.24. The van der Waals surface area contributed by atoms with E-state index in [0.29, 0.717) is 12.6 Å². The topological polar surface area (TPSA) is 76.4 Å². The molecule has 0 amide bonds. The van der Waals surface area contributed by atoms with Crippen molar-refractivity contribution in [1.82, 2.24) is 25.4 Å². The molecule has 1 fully saturated rings. The Morgan fingerprint density at radius 1 is 1.41 bits per heavy atom. The average molecular weight is 420 g/mol. The first-order valence-corrected chi connectivity index (χ1v) is 7.67. The van der Waals surface area contributed by atoms with Gasteiger partial charge < -0.3 is 15.4 Å². The molecule has 1 aliphatic carbocycles. The van der Waals surface area contributed by atoms with Crippen LogP contribution >= 0.6 is 24.0 Å². The number of hydrogen-bond acceptors (Lipinski definition) is 4. The lowest BCUT2D eigenvalue weighted by molar-refractivity contribution is 0.177. The van der Waals surface area contributed by atoms with Crippen molar-refractivity contribution in [3.05, 3.63) is 11.6 Å². The highest BCUT2D eigenvalue weighted by atomic mass is 127. The van der Waals surface area contributed by atoms with Crippen LogP contribution in [0.2, 0.25) is 0 Å². The van der Waals surface area contributed by atoms with Gasteiger partial charge in [0.15, 0.2) is 11.8 Å². The van der Waals surface area contributed by atoms with E-state index in [1.807, 2.05) is 11.7 Å². The van der Waals surface area contributed by atoms with Crippen LogP contribution in [0.25, 0.3) is 0 Å². The van der Waals surface area contributed by atoms with Gasteiger partial charge in [0.1, 0.15) is 12.4 Å². The van der Waals surface area contributed by atoms with Gasteiger partial charge in [0.05, 0.1) is 6.54 Å². The van der Waals surface area contributed by atoms with Gasteiger partial charge in [-0.3, -0.25) is 4.99 Å². The zero-order valence-electron chi connectivity index (χ0n) is 13.2. The van der Waals surface area contributed by atoms with E-state index in [-0.39, 0.29) is 24.0 Å². The van der Waals surface area contributed by atoms with Gasteiger partial charge in [-0.2, -0.15) is 5.10 Å². The second-order valence-electron chi connectivity index (χ2n) is 5.84. The quantitative estimate of drug-likeness (QED) is 0.421. The number of aromatic nitrogens is 3. The van der Waals surface area contributed by atoms with E-state index in [2.05, 4.69) is 25.7 Å². The number of halogens is 1. The summed E-state index contributed by atoms with van der Waals surface area (Å²) in [6.07, 6.45) is 4.68. The minimum Gasteiger partial charge on any atom is -0.377 e. The first-order valence-electron chi connectivity index (χ1n) is 7.67. The summed E-state index contributed by atoms with van der Waals surface area (Å²) < 4.78 is 7.08. The molecule has 1 aliphatic heterocycles. The standard InChI is InChI=1S/C14H24N6O.HI/c1-15-14(16-7-10-3-4-10)17-11-5-6-13-18-12(9-21-2)19-20(13)8-11;/h10-11H,3-9H2,1-2H3,(H2,15,16,17);1H. The summed E-state index contributed by atoms with van der Waals surface area (Å²) in [6, 6.07) is 0.347. The lowest BCUT2D eigenvalue weighted by Gasteiger charge is -2.25. The van der Waals surface area contributed by atoms with Gasteiger partial charge in [-0.15, -0.1) is 24.0 Å². The predicted molar refractivity (Wildman–Crippen MR) is 95.5 cm³/mol. The molecule has 8 heteroatoms. The van der Waals surface area contributed by atoms with Crippen LogP contribution < -0.4 is 10.6 Å². The van der Waals surface area contributed by atoms with Gasteiger partial charge in [0.2, 0.25) is 0 Å². The van der Waals surface area contributed by atoms with Gasteiger partial charge in [0.25, 0.3) is 0 Å². The third-order valence-corrected chi connectivity index (χ3v) is 3.99. The Balaban J connectivity index is 0.00000176. The molecule has 0 saturated heterocycles. The summed E-state index contributed by atoms with van der Waals surface area (Å²) in [5.74, 6) is 3.56. The zero-order chi connectivity index (χ0) is 14.7. The van der Waals surface area contributed by atoms with E-state index in [4.69, 9.17) is 4.74 Å². The molecule has 1 atom stereocenters. The van der Waals surface area contributed by atoms with Crippen LogP contribution in [0.3, 0.4) is 0 Å². The van der Waals surface area contributed by atoms with Crippen molar-refractivity contribution in [1.29, 1.82) is 0 Å². The van der Waals surface area contributed by atoms with Crippen molar-refractivity contribution < 1.29 is 4.74 Å². The maximum absolute atomic E-state index is 5.09. The number of fused-ring (bicyclic) bond motifs is 1. The number of aryl methyl sites for hydroxylation is 1. The fourth-order valence-corrected chi connectivity index (χ4v) is 2.62. The number of hydrogen-bond donors (Lipinski definition) is 2. The summed E-state index contributed by atoms with van der Waals surface area (Å²) in [5.41, 5.74) is 0. The minimum absolute atomic E-state index is 0. The van der Waals surface area contributed by atoms with Gasteiger partial charge in [-0.25, -0.2) is 9.67 Å². The number of aliphatic imine (C=N–C) groups is 1. The van der Waals surface area contributed by atoms with Crippen LogP contribution in [0.5, 0.6) is 0 Å². The van der Waals surface area contributed by atoms with E-state index in [1.165, 1.54) is 12.8 Å². The zero-order valence-corrected chi connectivity index (χ0v) is 15.5. The maximum Gasteiger partial charge on any atom is 0.191 e. The maximum atomic E-state index is 5.09. The second kappa shape index (κ2) is 8.09. The molecule has 7 nitrogen and oxygen atoms in total. The molecule has 2 N–H and O–H groups in total.